The molecule has 1 atom stereocenters. The van der Waals surface area contributed by atoms with Crippen molar-refractivity contribution in [3.05, 3.63) is 28.8 Å². The average Bonchev–Trinajstić information content (AvgIpc) is 2.97. The molecule has 1 saturated heterocycles. The lowest BCUT2D eigenvalue weighted by Crippen LogP contribution is -2.43. The van der Waals surface area contributed by atoms with E-state index in [0.29, 0.717) is 29.8 Å². The van der Waals surface area contributed by atoms with Gasteiger partial charge >= 0.3 is 0 Å². The van der Waals surface area contributed by atoms with Gasteiger partial charge in [-0.3, -0.25) is 0 Å². The van der Waals surface area contributed by atoms with Crippen LogP contribution in [0.2, 0.25) is 0 Å². The molecule has 0 spiro atoms. The number of aryl methyl sites for hydroxylation is 3. The monoisotopic (exact) mass is 430 g/mol. The molecule has 1 heterocycles. The Kier molecular flexibility index (Phi) is 7.69. The summed E-state index contributed by atoms with van der Waals surface area (Å²) in [6.07, 6.45) is 1.05. The van der Waals surface area contributed by atoms with E-state index >= 15 is 0 Å². The van der Waals surface area contributed by atoms with Crippen LogP contribution in [0.25, 0.3) is 0 Å². The zero-order valence-electron chi connectivity index (χ0n) is 17.7. The quantitative estimate of drug-likeness (QED) is 0.602. The van der Waals surface area contributed by atoms with Gasteiger partial charge in [0.25, 0.3) is 0 Å². The topological polar surface area (TPSA) is 74.8 Å². The molecule has 0 saturated carbocycles. The van der Waals surface area contributed by atoms with Crippen LogP contribution >= 0.6 is 0 Å². The number of sulfonamides is 1. The molecule has 0 amide bonds. The van der Waals surface area contributed by atoms with Crippen molar-refractivity contribution in [3.63, 3.8) is 0 Å². The van der Waals surface area contributed by atoms with E-state index in [1.165, 1.54) is 4.31 Å². The molecule has 1 aromatic carbocycles. The highest BCUT2D eigenvalue weighted by molar-refractivity contribution is 7.92. The number of rotatable bonds is 9. The molecule has 0 aliphatic carbocycles. The Balaban J connectivity index is 2.35. The standard InChI is InChI=1S/C20H34N2O4S2/c1-6-21(7-2)10-8-11-22(19-9-12-27(23,24)15-19)28(25,26)20-14-17(4)16(3)13-18(20)5/h13-14,19H,6-12,15H2,1-5H3/t19-/m0/s1. The third-order valence-electron chi connectivity index (χ3n) is 5.74. The zero-order chi connectivity index (χ0) is 21.1. The largest absolute Gasteiger partial charge is 0.304 e. The summed E-state index contributed by atoms with van der Waals surface area (Å²) in [5, 5.41) is 0. The maximum absolute atomic E-state index is 13.5. The first-order chi connectivity index (χ1) is 13.0. The second-order valence-electron chi connectivity index (χ2n) is 7.76. The van der Waals surface area contributed by atoms with E-state index in [-0.39, 0.29) is 11.5 Å². The summed E-state index contributed by atoms with van der Waals surface area (Å²) in [7, 11) is -6.94. The first-order valence-electron chi connectivity index (χ1n) is 10.0. The van der Waals surface area contributed by atoms with Gasteiger partial charge in [-0.1, -0.05) is 19.9 Å². The van der Waals surface area contributed by atoms with Gasteiger partial charge < -0.3 is 4.90 Å². The van der Waals surface area contributed by atoms with Crippen LogP contribution < -0.4 is 0 Å². The van der Waals surface area contributed by atoms with E-state index < -0.39 is 25.9 Å². The molecule has 0 aromatic heterocycles. The Bertz CT molecular complexity index is 891. The Morgan fingerprint density at radius 1 is 1.00 bits per heavy atom. The van der Waals surface area contributed by atoms with E-state index in [4.69, 9.17) is 0 Å². The summed E-state index contributed by atoms with van der Waals surface area (Å²) >= 11 is 0. The fourth-order valence-electron chi connectivity index (χ4n) is 3.83. The Morgan fingerprint density at radius 2 is 1.61 bits per heavy atom. The fraction of sp³-hybridized carbons (Fsp3) is 0.700. The minimum Gasteiger partial charge on any atom is -0.304 e. The lowest BCUT2D eigenvalue weighted by atomic mass is 10.1. The molecule has 8 heteroatoms. The van der Waals surface area contributed by atoms with Gasteiger partial charge in [-0.2, -0.15) is 4.31 Å². The first-order valence-corrected chi connectivity index (χ1v) is 13.3. The lowest BCUT2D eigenvalue weighted by Gasteiger charge is -2.29. The molecule has 0 unspecified atom stereocenters. The minimum absolute atomic E-state index is 0.0612. The van der Waals surface area contributed by atoms with E-state index in [1.807, 2.05) is 19.9 Å². The van der Waals surface area contributed by atoms with Gasteiger partial charge in [0.15, 0.2) is 9.84 Å². The normalized spacial score (nSPS) is 19.6. The molecule has 2 rings (SSSR count). The molecular formula is C20H34N2O4S2. The van der Waals surface area contributed by atoms with Crippen LogP contribution in [0.5, 0.6) is 0 Å². The van der Waals surface area contributed by atoms with E-state index in [9.17, 15) is 16.8 Å². The van der Waals surface area contributed by atoms with Crippen LogP contribution in [0.4, 0.5) is 0 Å². The van der Waals surface area contributed by atoms with Crippen molar-refractivity contribution >= 4 is 19.9 Å². The van der Waals surface area contributed by atoms with E-state index in [1.54, 1.807) is 13.0 Å². The third-order valence-corrected chi connectivity index (χ3v) is 9.59. The van der Waals surface area contributed by atoms with Crippen LogP contribution in [0.3, 0.4) is 0 Å². The lowest BCUT2D eigenvalue weighted by molar-refractivity contribution is 0.269. The maximum Gasteiger partial charge on any atom is 0.243 e. The molecule has 6 nitrogen and oxygen atoms in total. The van der Waals surface area contributed by atoms with Crippen molar-refractivity contribution < 1.29 is 16.8 Å². The van der Waals surface area contributed by atoms with Crippen LogP contribution in [0.15, 0.2) is 17.0 Å². The smallest absolute Gasteiger partial charge is 0.243 e. The van der Waals surface area contributed by atoms with Crippen LogP contribution in [0, 0.1) is 20.8 Å². The average molecular weight is 431 g/mol. The van der Waals surface area contributed by atoms with Gasteiger partial charge in [-0.05, 0) is 76.0 Å². The van der Waals surface area contributed by atoms with Gasteiger partial charge in [-0.15, -0.1) is 0 Å². The van der Waals surface area contributed by atoms with Gasteiger partial charge in [-0.25, -0.2) is 16.8 Å². The molecule has 1 aliphatic rings. The Hall–Kier alpha value is -0.960. The van der Waals surface area contributed by atoms with Crippen molar-refractivity contribution in [2.45, 2.75) is 58.4 Å². The highest BCUT2D eigenvalue weighted by atomic mass is 32.2. The Morgan fingerprint density at radius 3 is 2.14 bits per heavy atom. The predicted molar refractivity (Wildman–Crippen MR) is 114 cm³/mol. The zero-order valence-corrected chi connectivity index (χ0v) is 19.4. The molecule has 1 aromatic rings. The minimum atomic E-state index is -3.77. The van der Waals surface area contributed by atoms with E-state index in [0.717, 1.165) is 30.8 Å². The first kappa shape index (κ1) is 23.3. The molecule has 0 bridgehead atoms. The number of nitrogens with zero attached hydrogens (tertiary/aromatic N) is 2. The summed E-state index contributed by atoms with van der Waals surface area (Å²) in [6.45, 7) is 12.8. The third kappa shape index (κ3) is 5.34. The second-order valence-corrected chi connectivity index (χ2v) is 11.8. The summed E-state index contributed by atoms with van der Waals surface area (Å²) in [5.74, 6) is -0.0208. The van der Waals surface area contributed by atoms with Crippen molar-refractivity contribution in [1.29, 1.82) is 0 Å². The highest BCUT2D eigenvalue weighted by Gasteiger charge is 2.39. The number of hydrogen-bond acceptors (Lipinski definition) is 5. The summed E-state index contributed by atoms with van der Waals surface area (Å²) in [4.78, 5) is 2.54. The van der Waals surface area contributed by atoms with Crippen LogP contribution in [-0.4, -0.2) is 69.8 Å². The van der Waals surface area contributed by atoms with Gasteiger partial charge in [0.2, 0.25) is 10.0 Å². The fourth-order valence-corrected chi connectivity index (χ4v) is 7.64. The predicted octanol–water partition coefficient (Wildman–Crippen LogP) is 2.52. The molecule has 160 valence electrons. The van der Waals surface area contributed by atoms with Crippen LogP contribution in [0.1, 0.15) is 43.4 Å². The molecule has 28 heavy (non-hydrogen) atoms. The summed E-state index contributed by atoms with van der Waals surface area (Å²) in [5.41, 5.74) is 2.68. The van der Waals surface area contributed by atoms with Crippen molar-refractivity contribution in [2.24, 2.45) is 0 Å². The highest BCUT2D eigenvalue weighted by Crippen LogP contribution is 2.28. The van der Waals surface area contributed by atoms with Crippen molar-refractivity contribution in [2.75, 3.05) is 37.7 Å². The van der Waals surface area contributed by atoms with Gasteiger partial charge in [0, 0.05) is 12.6 Å². The summed E-state index contributed by atoms with van der Waals surface area (Å²) in [6, 6.07) is 3.13. The number of benzene rings is 1. The van der Waals surface area contributed by atoms with E-state index in [2.05, 4.69) is 18.7 Å². The Labute approximate surface area is 170 Å². The van der Waals surface area contributed by atoms with Crippen molar-refractivity contribution in [3.8, 4) is 0 Å². The summed E-state index contributed by atoms with van der Waals surface area (Å²) < 4.78 is 52.6. The molecular weight excluding hydrogens is 396 g/mol. The second kappa shape index (κ2) is 9.24. The van der Waals surface area contributed by atoms with Crippen LogP contribution in [-0.2, 0) is 19.9 Å². The van der Waals surface area contributed by atoms with Gasteiger partial charge in [0.1, 0.15) is 0 Å². The SMILES string of the molecule is CCN(CC)CCCN([C@H]1CCS(=O)(=O)C1)S(=O)(=O)c1cc(C)c(C)cc1C. The molecule has 0 radical (unpaired) electrons. The molecule has 0 N–H and O–H groups in total. The van der Waals surface area contributed by atoms with Crippen molar-refractivity contribution in [1.82, 2.24) is 9.21 Å². The number of hydrogen-bond donors (Lipinski definition) is 0. The molecule has 1 fully saturated rings. The molecule has 1 aliphatic heterocycles. The van der Waals surface area contributed by atoms with Gasteiger partial charge in [0.05, 0.1) is 16.4 Å². The maximum atomic E-state index is 13.5. The number of sulfone groups is 1.